The number of nitrogens with zero attached hydrogens (tertiary/aromatic N) is 1. The second-order valence-electron chi connectivity index (χ2n) is 4.97. The Kier molecular flexibility index (Phi) is 2.23. The molecule has 2 aromatic carbocycles. The van der Waals surface area contributed by atoms with Gasteiger partial charge in [-0.25, -0.2) is 4.98 Å². The summed E-state index contributed by atoms with van der Waals surface area (Å²) in [6.45, 7) is 0. The van der Waals surface area contributed by atoms with E-state index in [-0.39, 0.29) is 0 Å². The van der Waals surface area contributed by atoms with Crippen LogP contribution < -0.4 is 5.73 Å². The molecule has 19 heavy (non-hydrogen) atoms. The fourth-order valence-electron chi connectivity index (χ4n) is 2.79. The Hall–Kier alpha value is -1.81. The molecule has 1 unspecified atom stereocenters. The fraction of sp³-hybridized carbons (Fsp3) is 0.133. The minimum atomic E-state index is 0.377. The van der Waals surface area contributed by atoms with Gasteiger partial charge in [-0.15, -0.1) is 0 Å². The van der Waals surface area contributed by atoms with Gasteiger partial charge < -0.3 is 10.7 Å². The predicted molar refractivity (Wildman–Crippen MR) is 80.2 cm³/mol. The van der Waals surface area contributed by atoms with Crippen LogP contribution in [0.5, 0.6) is 0 Å². The van der Waals surface area contributed by atoms with E-state index < -0.39 is 0 Å². The van der Waals surface area contributed by atoms with E-state index in [4.69, 9.17) is 5.73 Å². The summed E-state index contributed by atoms with van der Waals surface area (Å²) in [6, 6.07) is 12.4. The van der Waals surface area contributed by atoms with Crippen LogP contribution in [0.3, 0.4) is 0 Å². The third kappa shape index (κ3) is 1.60. The van der Waals surface area contributed by atoms with Crippen molar-refractivity contribution in [1.29, 1.82) is 0 Å². The van der Waals surface area contributed by atoms with Crippen LogP contribution in [0.2, 0.25) is 0 Å². The summed E-state index contributed by atoms with van der Waals surface area (Å²) in [5, 5.41) is 0. The normalized spacial score (nSPS) is 17.2. The van der Waals surface area contributed by atoms with E-state index in [1.165, 1.54) is 11.1 Å². The Labute approximate surface area is 119 Å². The maximum Gasteiger partial charge on any atom is 0.115 e. The molecule has 1 aliphatic rings. The number of anilines is 1. The lowest BCUT2D eigenvalue weighted by Gasteiger charge is -2.28. The zero-order valence-electron chi connectivity index (χ0n) is 10.2. The number of benzene rings is 2. The molecule has 94 valence electrons. The first-order valence-corrected chi connectivity index (χ1v) is 7.04. The number of nitrogen functional groups attached to an aromatic ring is 1. The van der Waals surface area contributed by atoms with Gasteiger partial charge >= 0.3 is 0 Å². The van der Waals surface area contributed by atoms with Crippen LogP contribution in [-0.2, 0) is 6.42 Å². The SMILES string of the molecule is Nc1cc(Br)cc2[nH]c(C3Cc4ccccc43)nc12. The Balaban J connectivity index is 1.84. The number of hydrogen-bond acceptors (Lipinski definition) is 2. The van der Waals surface area contributed by atoms with Crippen LogP contribution in [0.15, 0.2) is 40.9 Å². The lowest BCUT2D eigenvalue weighted by atomic mass is 9.77. The number of fused-ring (bicyclic) bond motifs is 2. The summed E-state index contributed by atoms with van der Waals surface area (Å²) < 4.78 is 0.974. The van der Waals surface area contributed by atoms with Crippen LogP contribution in [0, 0.1) is 0 Å². The van der Waals surface area contributed by atoms with Crippen LogP contribution in [0.25, 0.3) is 11.0 Å². The van der Waals surface area contributed by atoms with Gasteiger partial charge in [-0.3, -0.25) is 0 Å². The molecule has 0 bridgehead atoms. The van der Waals surface area contributed by atoms with E-state index in [9.17, 15) is 0 Å². The lowest BCUT2D eigenvalue weighted by Crippen LogP contribution is -2.19. The Morgan fingerprint density at radius 3 is 2.95 bits per heavy atom. The van der Waals surface area contributed by atoms with Crippen molar-refractivity contribution < 1.29 is 0 Å². The van der Waals surface area contributed by atoms with Crippen LogP contribution in [0.1, 0.15) is 22.9 Å². The van der Waals surface area contributed by atoms with E-state index >= 15 is 0 Å². The van der Waals surface area contributed by atoms with Gasteiger partial charge in [-0.1, -0.05) is 40.2 Å². The first-order valence-electron chi connectivity index (χ1n) is 6.25. The summed E-state index contributed by atoms with van der Waals surface area (Å²) in [7, 11) is 0. The number of nitrogens with two attached hydrogens (primary N) is 1. The van der Waals surface area contributed by atoms with Gasteiger partial charge in [0.2, 0.25) is 0 Å². The van der Waals surface area contributed by atoms with Crippen molar-refractivity contribution in [1.82, 2.24) is 9.97 Å². The molecule has 0 fully saturated rings. The Bertz CT molecular complexity index is 791. The molecule has 1 aliphatic carbocycles. The average Bonchev–Trinajstić information content (AvgIpc) is 2.74. The maximum atomic E-state index is 6.01. The number of rotatable bonds is 1. The zero-order valence-corrected chi connectivity index (χ0v) is 11.7. The molecule has 0 radical (unpaired) electrons. The summed E-state index contributed by atoms with van der Waals surface area (Å²) in [4.78, 5) is 8.07. The van der Waals surface area contributed by atoms with Crippen LogP contribution >= 0.6 is 15.9 Å². The zero-order chi connectivity index (χ0) is 13.0. The molecule has 1 aromatic heterocycles. The van der Waals surface area contributed by atoms with Gasteiger partial charge in [0.25, 0.3) is 0 Å². The lowest BCUT2D eigenvalue weighted by molar-refractivity contribution is 0.671. The van der Waals surface area contributed by atoms with Crippen molar-refractivity contribution in [3.8, 4) is 0 Å². The molecule has 0 spiro atoms. The molecular weight excluding hydrogens is 302 g/mol. The van der Waals surface area contributed by atoms with Crippen molar-refractivity contribution >= 4 is 32.7 Å². The summed E-state index contributed by atoms with van der Waals surface area (Å²) in [5.74, 6) is 1.39. The summed E-state index contributed by atoms with van der Waals surface area (Å²) in [6.07, 6.45) is 1.05. The molecule has 1 atom stereocenters. The molecule has 3 nitrogen and oxygen atoms in total. The number of aromatic nitrogens is 2. The van der Waals surface area contributed by atoms with Gasteiger partial charge in [0.1, 0.15) is 11.3 Å². The second-order valence-corrected chi connectivity index (χ2v) is 5.88. The molecule has 1 heterocycles. The van der Waals surface area contributed by atoms with E-state index in [1.807, 2.05) is 12.1 Å². The van der Waals surface area contributed by atoms with E-state index in [2.05, 4.69) is 50.2 Å². The minimum absolute atomic E-state index is 0.377. The van der Waals surface area contributed by atoms with Gasteiger partial charge in [-0.2, -0.15) is 0 Å². The van der Waals surface area contributed by atoms with Crippen LogP contribution in [-0.4, -0.2) is 9.97 Å². The molecule has 3 N–H and O–H groups in total. The first kappa shape index (κ1) is 11.1. The quantitative estimate of drug-likeness (QED) is 0.674. The molecule has 0 saturated heterocycles. The second kappa shape index (κ2) is 3.84. The van der Waals surface area contributed by atoms with Gasteiger partial charge in [0, 0.05) is 10.4 Å². The number of imidazole rings is 1. The molecule has 0 aliphatic heterocycles. The fourth-order valence-corrected chi connectivity index (χ4v) is 3.27. The third-order valence-corrected chi connectivity index (χ3v) is 4.24. The molecule has 4 heteroatoms. The third-order valence-electron chi connectivity index (χ3n) is 3.78. The smallest absolute Gasteiger partial charge is 0.115 e. The van der Waals surface area contributed by atoms with Gasteiger partial charge in [0.05, 0.1) is 11.2 Å². The molecule has 4 rings (SSSR count). The van der Waals surface area contributed by atoms with Gasteiger partial charge in [-0.05, 0) is 29.7 Å². The number of aromatic amines is 1. The van der Waals surface area contributed by atoms with E-state index in [0.29, 0.717) is 11.6 Å². The largest absolute Gasteiger partial charge is 0.397 e. The first-order chi connectivity index (χ1) is 9.22. The highest BCUT2D eigenvalue weighted by molar-refractivity contribution is 9.10. The monoisotopic (exact) mass is 313 g/mol. The van der Waals surface area contributed by atoms with Crippen molar-refractivity contribution in [2.24, 2.45) is 0 Å². The topological polar surface area (TPSA) is 54.7 Å². The van der Waals surface area contributed by atoms with Crippen molar-refractivity contribution in [2.45, 2.75) is 12.3 Å². The summed E-state index contributed by atoms with van der Waals surface area (Å²) in [5.41, 5.74) is 11.4. The highest BCUT2D eigenvalue weighted by atomic mass is 79.9. The van der Waals surface area contributed by atoms with Gasteiger partial charge in [0.15, 0.2) is 0 Å². The van der Waals surface area contributed by atoms with Crippen molar-refractivity contribution in [3.05, 3.63) is 57.8 Å². The number of hydrogen-bond donors (Lipinski definition) is 2. The highest BCUT2D eigenvalue weighted by Gasteiger charge is 2.29. The molecule has 3 aromatic rings. The van der Waals surface area contributed by atoms with E-state index in [0.717, 1.165) is 27.8 Å². The van der Waals surface area contributed by atoms with Crippen LogP contribution in [0.4, 0.5) is 5.69 Å². The maximum absolute atomic E-state index is 6.01. The average molecular weight is 314 g/mol. The van der Waals surface area contributed by atoms with Crippen molar-refractivity contribution in [3.63, 3.8) is 0 Å². The van der Waals surface area contributed by atoms with Crippen molar-refractivity contribution in [2.75, 3.05) is 5.73 Å². The summed E-state index contributed by atoms with van der Waals surface area (Å²) >= 11 is 3.46. The molecule has 0 amide bonds. The predicted octanol–water partition coefficient (Wildman–Crippen LogP) is 3.60. The highest BCUT2D eigenvalue weighted by Crippen LogP contribution is 2.39. The number of H-pyrrole nitrogens is 1. The Morgan fingerprint density at radius 2 is 2.11 bits per heavy atom. The molecule has 0 saturated carbocycles. The standard InChI is InChI=1S/C15H12BrN3/c16-9-6-12(17)14-13(7-9)18-15(19-14)11-5-8-3-1-2-4-10(8)11/h1-4,6-7,11H,5,17H2,(H,18,19). The minimum Gasteiger partial charge on any atom is -0.397 e. The number of halogens is 1. The molecular formula is C15H12BrN3. The van der Waals surface area contributed by atoms with E-state index in [1.54, 1.807) is 0 Å². The number of nitrogens with one attached hydrogen (secondary N) is 1. The Morgan fingerprint density at radius 1 is 1.26 bits per heavy atom.